The van der Waals surface area contributed by atoms with Crippen molar-refractivity contribution in [1.82, 2.24) is 9.97 Å². The summed E-state index contributed by atoms with van der Waals surface area (Å²) < 4.78 is 30.7. The van der Waals surface area contributed by atoms with E-state index in [4.69, 9.17) is 14.2 Å². The average Bonchev–Trinajstić information content (AvgIpc) is 2.78. The standard InChI is InChI=1S/C26H25FN2O4/c1-16-11-19(12-17(2)24(16)33-15-18-7-5-4-6-8-18)25-28-21-13-20(27)14-22(32-10-9-31-3)23(21)26(30)29-25/h4-8,11-14H,9-10,15H2,1-3H3,(H,28,29,30). The predicted molar refractivity (Wildman–Crippen MR) is 125 cm³/mol. The number of hydrogen-bond acceptors (Lipinski definition) is 5. The van der Waals surface area contributed by atoms with Crippen molar-refractivity contribution in [2.45, 2.75) is 20.5 Å². The van der Waals surface area contributed by atoms with Crippen molar-refractivity contribution in [2.75, 3.05) is 20.3 Å². The van der Waals surface area contributed by atoms with Gasteiger partial charge >= 0.3 is 0 Å². The van der Waals surface area contributed by atoms with E-state index in [1.54, 1.807) is 0 Å². The van der Waals surface area contributed by atoms with Crippen LogP contribution in [0.5, 0.6) is 11.5 Å². The summed E-state index contributed by atoms with van der Waals surface area (Å²) in [5, 5.41) is 0.201. The number of benzene rings is 3. The van der Waals surface area contributed by atoms with Gasteiger partial charge in [-0.05, 0) is 42.7 Å². The smallest absolute Gasteiger partial charge is 0.262 e. The van der Waals surface area contributed by atoms with E-state index in [0.717, 1.165) is 22.4 Å². The van der Waals surface area contributed by atoms with E-state index in [1.807, 2.05) is 56.3 Å². The second kappa shape index (κ2) is 9.83. The normalized spacial score (nSPS) is 11.0. The van der Waals surface area contributed by atoms with Crippen LogP contribution in [0.3, 0.4) is 0 Å². The summed E-state index contributed by atoms with van der Waals surface area (Å²) in [6.07, 6.45) is 0. The van der Waals surface area contributed by atoms with Crippen molar-refractivity contribution in [3.05, 3.63) is 87.5 Å². The highest BCUT2D eigenvalue weighted by molar-refractivity contribution is 5.85. The molecule has 0 radical (unpaired) electrons. The molecular formula is C26H25FN2O4. The summed E-state index contributed by atoms with van der Waals surface area (Å²) in [6.45, 7) is 4.85. The maximum Gasteiger partial charge on any atom is 0.262 e. The van der Waals surface area contributed by atoms with Crippen LogP contribution < -0.4 is 15.0 Å². The Labute approximate surface area is 191 Å². The number of hydrogen-bond donors (Lipinski definition) is 1. The molecule has 0 fully saturated rings. The number of aromatic nitrogens is 2. The third kappa shape index (κ3) is 5.04. The van der Waals surface area contributed by atoms with Crippen LogP contribution in [0, 0.1) is 19.7 Å². The molecule has 1 aromatic heterocycles. The third-order valence-electron chi connectivity index (χ3n) is 5.24. The summed E-state index contributed by atoms with van der Waals surface area (Å²) in [4.78, 5) is 20.2. The van der Waals surface area contributed by atoms with Crippen LogP contribution in [0.25, 0.3) is 22.3 Å². The Balaban J connectivity index is 1.68. The van der Waals surface area contributed by atoms with Crippen LogP contribution >= 0.6 is 0 Å². The summed E-state index contributed by atoms with van der Waals surface area (Å²) in [5.41, 5.74) is 3.43. The molecule has 0 aliphatic carbocycles. The molecule has 0 bridgehead atoms. The molecule has 0 unspecified atom stereocenters. The minimum Gasteiger partial charge on any atom is -0.490 e. The number of fused-ring (bicyclic) bond motifs is 1. The maximum absolute atomic E-state index is 14.2. The molecule has 0 saturated heterocycles. The van der Waals surface area contributed by atoms with Crippen molar-refractivity contribution in [3.63, 3.8) is 0 Å². The lowest BCUT2D eigenvalue weighted by atomic mass is 10.0. The number of aryl methyl sites for hydroxylation is 2. The second-order valence-corrected chi connectivity index (χ2v) is 7.77. The average molecular weight is 448 g/mol. The van der Waals surface area contributed by atoms with Crippen molar-refractivity contribution in [3.8, 4) is 22.9 Å². The summed E-state index contributed by atoms with van der Waals surface area (Å²) in [6, 6.07) is 16.1. The molecule has 0 aliphatic heterocycles. The van der Waals surface area contributed by atoms with Crippen LogP contribution in [-0.2, 0) is 11.3 Å². The molecule has 4 rings (SSSR count). The molecule has 6 nitrogen and oxygen atoms in total. The van der Waals surface area contributed by atoms with Gasteiger partial charge in [-0.25, -0.2) is 9.37 Å². The van der Waals surface area contributed by atoms with Crippen LogP contribution in [0.4, 0.5) is 4.39 Å². The van der Waals surface area contributed by atoms with Gasteiger partial charge in [0.2, 0.25) is 0 Å². The zero-order valence-electron chi connectivity index (χ0n) is 18.8. The SMILES string of the molecule is COCCOc1cc(F)cc2nc(-c3cc(C)c(OCc4ccccc4)c(C)c3)[nH]c(=O)c12. The number of nitrogens with zero attached hydrogens (tertiary/aromatic N) is 1. The number of nitrogens with one attached hydrogen (secondary N) is 1. The van der Waals surface area contributed by atoms with Crippen LogP contribution in [0.1, 0.15) is 16.7 Å². The minimum atomic E-state index is -0.531. The minimum absolute atomic E-state index is 0.138. The molecular weight excluding hydrogens is 423 g/mol. The van der Waals surface area contributed by atoms with Gasteiger partial charge in [0, 0.05) is 24.8 Å². The van der Waals surface area contributed by atoms with Gasteiger partial charge in [0.1, 0.15) is 41.7 Å². The molecule has 0 saturated carbocycles. The quantitative estimate of drug-likeness (QED) is 0.386. The Hall–Kier alpha value is -3.71. The van der Waals surface area contributed by atoms with Gasteiger partial charge in [-0.1, -0.05) is 30.3 Å². The van der Waals surface area contributed by atoms with Gasteiger partial charge in [0.25, 0.3) is 5.56 Å². The summed E-state index contributed by atoms with van der Waals surface area (Å²) >= 11 is 0. The molecule has 1 heterocycles. The van der Waals surface area contributed by atoms with E-state index in [0.29, 0.717) is 24.6 Å². The van der Waals surface area contributed by atoms with Crippen molar-refractivity contribution >= 4 is 10.9 Å². The number of halogens is 1. The predicted octanol–water partition coefficient (Wildman–Crippen LogP) is 4.95. The molecule has 0 amide bonds. The zero-order valence-corrected chi connectivity index (χ0v) is 18.8. The highest BCUT2D eigenvalue weighted by atomic mass is 19.1. The lowest BCUT2D eigenvalue weighted by Gasteiger charge is -2.14. The van der Waals surface area contributed by atoms with Gasteiger partial charge in [-0.2, -0.15) is 0 Å². The molecule has 33 heavy (non-hydrogen) atoms. The molecule has 0 spiro atoms. The Bertz CT molecular complexity index is 1310. The Kier molecular flexibility index (Phi) is 6.70. The van der Waals surface area contributed by atoms with Gasteiger partial charge in [0.15, 0.2) is 0 Å². The highest BCUT2D eigenvalue weighted by Crippen LogP contribution is 2.30. The monoisotopic (exact) mass is 448 g/mol. The number of rotatable bonds is 8. The number of H-pyrrole nitrogens is 1. The molecule has 7 heteroatoms. The largest absolute Gasteiger partial charge is 0.490 e. The first-order valence-corrected chi connectivity index (χ1v) is 10.6. The van der Waals surface area contributed by atoms with Crippen molar-refractivity contribution in [1.29, 1.82) is 0 Å². The van der Waals surface area contributed by atoms with Gasteiger partial charge in [-0.15, -0.1) is 0 Å². The molecule has 3 aromatic carbocycles. The Morgan fingerprint density at radius 3 is 2.39 bits per heavy atom. The van der Waals surface area contributed by atoms with Gasteiger partial charge in [-0.3, -0.25) is 4.79 Å². The highest BCUT2D eigenvalue weighted by Gasteiger charge is 2.15. The van der Waals surface area contributed by atoms with Gasteiger partial charge in [0.05, 0.1) is 12.1 Å². The van der Waals surface area contributed by atoms with Crippen LogP contribution in [0.15, 0.2) is 59.4 Å². The molecule has 1 N–H and O–H groups in total. The van der Waals surface area contributed by atoms with Crippen LogP contribution in [0.2, 0.25) is 0 Å². The van der Waals surface area contributed by atoms with Crippen molar-refractivity contribution < 1.29 is 18.6 Å². The third-order valence-corrected chi connectivity index (χ3v) is 5.24. The molecule has 4 aromatic rings. The first kappa shape index (κ1) is 22.5. The first-order valence-electron chi connectivity index (χ1n) is 10.6. The first-order chi connectivity index (χ1) is 16.0. The lowest BCUT2D eigenvalue weighted by Crippen LogP contribution is -2.13. The fourth-order valence-electron chi connectivity index (χ4n) is 3.73. The molecule has 170 valence electrons. The van der Waals surface area contributed by atoms with E-state index in [1.165, 1.54) is 19.2 Å². The zero-order chi connectivity index (χ0) is 23.4. The number of ether oxygens (including phenoxy) is 3. The van der Waals surface area contributed by atoms with E-state index in [-0.39, 0.29) is 23.3 Å². The molecule has 0 aliphatic rings. The van der Waals surface area contributed by atoms with E-state index < -0.39 is 11.4 Å². The van der Waals surface area contributed by atoms with Crippen LogP contribution in [-0.4, -0.2) is 30.3 Å². The van der Waals surface area contributed by atoms with E-state index in [2.05, 4.69) is 9.97 Å². The molecule has 0 atom stereocenters. The Morgan fingerprint density at radius 2 is 1.70 bits per heavy atom. The van der Waals surface area contributed by atoms with Crippen molar-refractivity contribution in [2.24, 2.45) is 0 Å². The fourth-order valence-corrected chi connectivity index (χ4v) is 3.73. The summed E-state index contributed by atoms with van der Waals surface area (Å²) in [7, 11) is 1.54. The van der Waals surface area contributed by atoms with E-state index >= 15 is 0 Å². The fraction of sp³-hybridized carbons (Fsp3) is 0.231. The summed E-state index contributed by atoms with van der Waals surface area (Å²) in [5.74, 6) is 0.739. The topological polar surface area (TPSA) is 73.4 Å². The lowest BCUT2D eigenvalue weighted by molar-refractivity contribution is 0.147. The number of methoxy groups -OCH3 is 1. The van der Waals surface area contributed by atoms with Gasteiger partial charge < -0.3 is 19.2 Å². The second-order valence-electron chi connectivity index (χ2n) is 7.77. The number of aromatic amines is 1. The maximum atomic E-state index is 14.2. The Morgan fingerprint density at radius 1 is 0.970 bits per heavy atom. The van der Waals surface area contributed by atoms with E-state index in [9.17, 15) is 9.18 Å².